The molecule has 5 aromatic rings. The van der Waals surface area contributed by atoms with Crippen molar-refractivity contribution < 1.29 is 23.2 Å². The minimum absolute atomic E-state index is 0.0260. The molecule has 15 nitrogen and oxygen atoms in total. The van der Waals surface area contributed by atoms with Gasteiger partial charge >= 0.3 is 5.76 Å². The van der Waals surface area contributed by atoms with Crippen LogP contribution < -0.4 is 32.2 Å². The normalized spacial score (nSPS) is 21.8. The molecule has 3 aliphatic heterocycles. The lowest BCUT2D eigenvalue weighted by Gasteiger charge is -2.36. The number of halogens is 1. The van der Waals surface area contributed by atoms with Crippen molar-refractivity contribution in [2.75, 3.05) is 42.9 Å². The number of hydrogen-bond donors (Lipinski definition) is 3. The summed E-state index contributed by atoms with van der Waals surface area (Å²) in [5.74, 6) is -0.793. The zero-order chi connectivity index (χ0) is 42.7. The largest absolute Gasteiger partial charge is 0.420 e. The van der Waals surface area contributed by atoms with E-state index in [1.807, 2.05) is 18.2 Å². The van der Waals surface area contributed by atoms with Gasteiger partial charge in [0, 0.05) is 72.8 Å². The number of anilines is 2. The van der Waals surface area contributed by atoms with E-state index in [1.54, 1.807) is 42.6 Å². The van der Waals surface area contributed by atoms with Crippen LogP contribution in [-0.2, 0) is 14.4 Å². The fraction of sp³-hybridized carbons (Fsp3) is 0.457. The highest BCUT2D eigenvalue weighted by atomic mass is 19.1. The number of oxazole rings is 1. The van der Waals surface area contributed by atoms with Gasteiger partial charge in [-0.2, -0.15) is 0 Å². The summed E-state index contributed by atoms with van der Waals surface area (Å²) < 4.78 is 23.4. The molecule has 16 heteroatoms. The fourth-order valence-electron chi connectivity index (χ4n) is 9.68. The quantitative estimate of drug-likeness (QED) is 0.150. The monoisotopic (exact) mass is 845 g/mol. The number of carbonyl (C=O) groups is 3. The predicted octanol–water partition coefficient (Wildman–Crippen LogP) is 5.18. The Bertz CT molecular complexity index is 2570. The lowest BCUT2D eigenvalue weighted by atomic mass is 9.89. The molecular formula is C46H52FN9O6. The molecule has 1 aliphatic carbocycles. The van der Waals surface area contributed by atoms with Gasteiger partial charge in [0.15, 0.2) is 11.4 Å². The van der Waals surface area contributed by atoms with Gasteiger partial charge in [-0.25, -0.2) is 19.2 Å². The van der Waals surface area contributed by atoms with E-state index < -0.39 is 23.5 Å². The molecule has 3 aromatic heterocycles. The Kier molecular flexibility index (Phi) is 12.0. The molecule has 324 valence electrons. The van der Waals surface area contributed by atoms with Crippen molar-refractivity contribution in [3.63, 3.8) is 0 Å². The molecule has 3 N–H and O–H groups in total. The molecule has 62 heavy (non-hydrogen) atoms. The van der Waals surface area contributed by atoms with Gasteiger partial charge in [0.05, 0.1) is 11.7 Å². The van der Waals surface area contributed by atoms with Crippen molar-refractivity contribution in [2.24, 2.45) is 11.8 Å². The molecule has 1 saturated carbocycles. The van der Waals surface area contributed by atoms with Gasteiger partial charge in [0.2, 0.25) is 23.7 Å². The van der Waals surface area contributed by atoms with E-state index in [2.05, 4.69) is 35.7 Å². The third kappa shape index (κ3) is 9.06. The highest BCUT2D eigenvalue weighted by molar-refractivity contribution is 6.00. The van der Waals surface area contributed by atoms with E-state index in [0.29, 0.717) is 34.2 Å². The van der Waals surface area contributed by atoms with Crippen molar-refractivity contribution in [3.8, 4) is 16.9 Å². The van der Waals surface area contributed by atoms with Crippen molar-refractivity contribution in [2.45, 2.75) is 88.8 Å². The van der Waals surface area contributed by atoms with Crippen LogP contribution >= 0.6 is 0 Å². The number of piperidine rings is 3. The highest BCUT2D eigenvalue weighted by Gasteiger charge is 2.33. The third-order valence-corrected chi connectivity index (χ3v) is 13.3. The van der Waals surface area contributed by atoms with Crippen LogP contribution in [0.5, 0.6) is 0 Å². The summed E-state index contributed by atoms with van der Waals surface area (Å²) >= 11 is 0. The minimum atomic E-state index is -0.761. The summed E-state index contributed by atoms with van der Waals surface area (Å²) in [6.07, 6.45) is 11.6. The molecule has 1 atom stereocenters. The molecule has 0 radical (unpaired) electrons. The molecule has 0 spiro atoms. The number of imide groups is 1. The van der Waals surface area contributed by atoms with Crippen LogP contribution in [0.25, 0.3) is 28.0 Å². The number of aromatic nitrogens is 4. The van der Waals surface area contributed by atoms with Crippen molar-refractivity contribution in [1.29, 1.82) is 0 Å². The number of benzene rings is 2. The topological polar surface area (TPSA) is 177 Å². The van der Waals surface area contributed by atoms with Gasteiger partial charge in [0.25, 0.3) is 5.56 Å². The zero-order valence-electron chi connectivity index (χ0n) is 34.6. The molecule has 3 saturated heterocycles. The van der Waals surface area contributed by atoms with Crippen LogP contribution in [0.3, 0.4) is 0 Å². The second-order valence-corrected chi connectivity index (χ2v) is 17.2. The molecule has 9 rings (SSSR count). The van der Waals surface area contributed by atoms with Gasteiger partial charge in [-0.05, 0) is 120 Å². The summed E-state index contributed by atoms with van der Waals surface area (Å²) in [6.45, 7) is 4.69. The number of carbonyl (C=O) groups excluding carboxylic acids is 3. The van der Waals surface area contributed by atoms with E-state index in [1.165, 1.54) is 21.4 Å². The molecule has 0 bridgehead atoms. The first-order chi connectivity index (χ1) is 30.1. The van der Waals surface area contributed by atoms with Crippen molar-refractivity contribution >= 4 is 40.5 Å². The zero-order valence-corrected chi connectivity index (χ0v) is 34.6. The number of rotatable bonds is 11. The van der Waals surface area contributed by atoms with E-state index in [0.717, 1.165) is 96.2 Å². The molecule has 1 unspecified atom stereocenters. The van der Waals surface area contributed by atoms with Crippen molar-refractivity contribution in [1.82, 2.24) is 34.6 Å². The number of hydrogen-bond acceptors (Lipinski definition) is 11. The Hall–Kier alpha value is -6.16. The van der Waals surface area contributed by atoms with Crippen LogP contribution in [-0.4, -0.2) is 86.5 Å². The average molecular weight is 846 g/mol. The van der Waals surface area contributed by atoms with Gasteiger partial charge < -0.3 is 24.9 Å². The third-order valence-electron chi connectivity index (χ3n) is 13.3. The summed E-state index contributed by atoms with van der Waals surface area (Å²) in [5.41, 5.74) is 3.13. The molecule has 6 heterocycles. The van der Waals surface area contributed by atoms with Gasteiger partial charge in [-0.15, -0.1) is 0 Å². The summed E-state index contributed by atoms with van der Waals surface area (Å²) in [4.78, 5) is 76.1. The summed E-state index contributed by atoms with van der Waals surface area (Å²) in [5, 5.41) is 9.04. The summed E-state index contributed by atoms with van der Waals surface area (Å²) in [7, 11) is 0. The first kappa shape index (κ1) is 41.2. The Balaban J connectivity index is 0.686. The Morgan fingerprint density at radius 3 is 2.40 bits per heavy atom. The second-order valence-electron chi connectivity index (χ2n) is 17.2. The Morgan fingerprint density at radius 1 is 0.839 bits per heavy atom. The molecule has 4 aliphatic rings. The lowest BCUT2D eigenvalue weighted by Crippen LogP contribution is -2.46. The van der Waals surface area contributed by atoms with Crippen LogP contribution in [0.4, 0.5) is 16.0 Å². The number of nitrogens with one attached hydrogen (secondary N) is 3. The number of fused-ring (bicyclic) bond motifs is 1. The van der Waals surface area contributed by atoms with Crippen LogP contribution in [0.1, 0.15) is 76.7 Å². The maximum absolute atomic E-state index is 15.0. The summed E-state index contributed by atoms with van der Waals surface area (Å²) in [6, 6.07) is 17.1. The van der Waals surface area contributed by atoms with E-state index in [9.17, 15) is 28.4 Å². The number of pyridine rings is 1. The predicted molar refractivity (Wildman–Crippen MR) is 231 cm³/mol. The van der Waals surface area contributed by atoms with E-state index >= 15 is 0 Å². The van der Waals surface area contributed by atoms with E-state index in [4.69, 9.17) is 4.42 Å². The van der Waals surface area contributed by atoms with Crippen LogP contribution in [0.2, 0.25) is 0 Å². The standard InChI is InChI=1S/C46H52FN9O6/c47-36-28-48-45(52-42(36)31-4-3-5-35(26-31)55-20-2-1-6-41(55)58)50-33-9-7-32(8-10-33)49-43(59)30-18-22-53(23-19-30)21-15-29-16-24-54(25-17-29)34-11-12-37-39(27-34)62-46(61)56(37)38-13-14-40(57)51-44(38)60/h1-6,11-12,20,26-30,32-33,38H,7-10,13-19,21-25H2,(H,49,59)(H,48,50,52)(H,51,57,60)/t32-,33-,38?. The Labute approximate surface area is 357 Å². The van der Waals surface area contributed by atoms with Gasteiger partial charge in [-0.3, -0.25) is 33.6 Å². The Morgan fingerprint density at radius 2 is 1.63 bits per heavy atom. The van der Waals surface area contributed by atoms with Crippen molar-refractivity contribution in [3.05, 3.63) is 99.8 Å². The molecule has 3 amide bonds. The highest BCUT2D eigenvalue weighted by Crippen LogP contribution is 2.31. The number of amides is 3. The van der Waals surface area contributed by atoms with Crippen LogP contribution in [0.15, 0.2) is 87.1 Å². The number of likely N-dealkylation sites (tertiary alicyclic amines) is 1. The minimum Gasteiger partial charge on any atom is -0.408 e. The first-order valence-corrected chi connectivity index (χ1v) is 22.0. The SMILES string of the molecule is O=C1CCC(n2c(=O)oc3cc(N4CCC(CCN5CCC(C(=O)N[C@H]6CC[C@H](Nc7ncc(F)c(-c8cccc(-n9ccccc9=O)c8)n7)CC6)CC5)CC4)ccc32)C(=O)N1. The average Bonchev–Trinajstić information content (AvgIpc) is 3.62. The molecular weight excluding hydrogens is 794 g/mol. The van der Waals surface area contributed by atoms with Gasteiger partial charge in [0.1, 0.15) is 11.7 Å². The maximum Gasteiger partial charge on any atom is 0.420 e. The van der Waals surface area contributed by atoms with Gasteiger partial charge in [-0.1, -0.05) is 18.2 Å². The van der Waals surface area contributed by atoms with Crippen LogP contribution in [0, 0.1) is 17.7 Å². The number of nitrogens with zero attached hydrogens (tertiary/aromatic N) is 6. The first-order valence-electron chi connectivity index (χ1n) is 22.0. The van der Waals surface area contributed by atoms with E-state index in [-0.39, 0.29) is 53.9 Å². The fourth-order valence-corrected chi connectivity index (χ4v) is 9.68. The smallest absolute Gasteiger partial charge is 0.408 e. The maximum atomic E-state index is 15.0. The second kappa shape index (κ2) is 18.1. The molecule has 4 fully saturated rings. The lowest BCUT2D eigenvalue weighted by molar-refractivity contribution is -0.135. The molecule has 2 aromatic carbocycles.